The molecule has 0 atom stereocenters. The number of hydrogen-bond donors (Lipinski definition) is 0. The quantitative estimate of drug-likeness (QED) is 0.158. The highest BCUT2D eigenvalue weighted by molar-refractivity contribution is 6.37. The van der Waals surface area contributed by atoms with Gasteiger partial charge in [0.05, 0.1) is 34.9 Å². The average molecular weight is 849 g/mol. The lowest BCUT2D eigenvalue weighted by Gasteiger charge is -2.24. The number of rotatable bonds is 10. The first-order valence-electron chi connectivity index (χ1n) is 22.6. The van der Waals surface area contributed by atoms with E-state index in [4.69, 9.17) is 20.0 Å². The van der Waals surface area contributed by atoms with E-state index in [0.29, 0.717) is 44.5 Å². The van der Waals surface area contributed by atoms with Crippen LogP contribution in [0.1, 0.15) is 145 Å². The van der Waals surface area contributed by atoms with Crippen LogP contribution in [0.15, 0.2) is 164 Å². The molecule has 4 aromatic carbocycles. The molecule has 0 saturated carbocycles. The fourth-order valence-corrected chi connectivity index (χ4v) is 8.44. The van der Waals surface area contributed by atoms with E-state index in [-0.39, 0.29) is 47.3 Å². The second kappa shape index (κ2) is 19.7. The van der Waals surface area contributed by atoms with Gasteiger partial charge in [0, 0.05) is 78.9 Å². The third-order valence-electron chi connectivity index (χ3n) is 11.8. The Morgan fingerprint density at radius 3 is 0.734 bits per heavy atom. The van der Waals surface area contributed by atoms with Crippen molar-refractivity contribution < 1.29 is 19.2 Å². The topological polar surface area (TPSA) is 118 Å². The molecule has 8 rings (SSSR count). The molecule has 0 N–H and O–H groups in total. The summed E-state index contributed by atoms with van der Waals surface area (Å²) in [5.41, 5.74) is 10.2. The SMILES string of the molecule is CC(C)N=C1C=C(C2=CC(=NC(C)C)c3ccccc3C2=O)C(=O)c2ccccc21.CCC(CC)N=C1C=C(C2=CC(=NC(CC)CC)c3ccccc3C2=O)C(=O)c2ccccc21. The number of allylic oxidation sites excluding steroid dienone is 8. The van der Waals surface area contributed by atoms with Crippen LogP contribution in [0.4, 0.5) is 0 Å². The van der Waals surface area contributed by atoms with E-state index >= 15 is 0 Å². The number of hydrogen-bond acceptors (Lipinski definition) is 8. The van der Waals surface area contributed by atoms with Gasteiger partial charge in [-0.2, -0.15) is 0 Å². The third-order valence-corrected chi connectivity index (χ3v) is 11.8. The lowest BCUT2D eigenvalue weighted by Crippen LogP contribution is -2.26. The molecule has 324 valence electrons. The Labute approximate surface area is 377 Å². The van der Waals surface area contributed by atoms with E-state index in [1.54, 1.807) is 24.3 Å². The Bertz CT molecular complexity index is 2610. The second-order valence-corrected chi connectivity index (χ2v) is 16.9. The van der Waals surface area contributed by atoms with E-state index in [9.17, 15) is 19.2 Å². The van der Waals surface area contributed by atoms with E-state index < -0.39 is 0 Å². The summed E-state index contributed by atoms with van der Waals surface area (Å²) in [5, 5.41) is 0. The fraction of sp³-hybridized carbons (Fsp3) is 0.286. The molecular formula is C56H56N4O4. The summed E-state index contributed by atoms with van der Waals surface area (Å²) in [6, 6.07) is 30.4. The molecule has 4 aromatic rings. The summed E-state index contributed by atoms with van der Waals surface area (Å²) in [5.74, 6) is -0.590. The van der Waals surface area contributed by atoms with Crippen molar-refractivity contribution in [3.05, 3.63) is 188 Å². The summed E-state index contributed by atoms with van der Waals surface area (Å²) in [6.45, 7) is 16.5. The lowest BCUT2D eigenvalue weighted by atomic mass is 9.79. The van der Waals surface area contributed by atoms with Crippen LogP contribution in [0.3, 0.4) is 0 Å². The molecule has 4 aliphatic rings. The first-order chi connectivity index (χ1) is 30.9. The van der Waals surface area contributed by atoms with E-state index in [1.165, 1.54) is 0 Å². The molecule has 0 fully saturated rings. The van der Waals surface area contributed by atoms with E-state index in [1.807, 2.05) is 125 Å². The molecule has 0 spiro atoms. The molecule has 0 amide bonds. The first-order valence-corrected chi connectivity index (χ1v) is 22.6. The number of aliphatic imine (C=N–C) groups is 4. The van der Waals surface area contributed by atoms with E-state index in [0.717, 1.165) is 70.8 Å². The van der Waals surface area contributed by atoms with Crippen LogP contribution in [0.2, 0.25) is 0 Å². The predicted octanol–water partition coefficient (Wildman–Crippen LogP) is 11.6. The van der Waals surface area contributed by atoms with Gasteiger partial charge in [-0.15, -0.1) is 0 Å². The van der Waals surface area contributed by atoms with Crippen molar-refractivity contribution >= 4 is 46.0 Å². The number of benzene rings is 4. The predicted molar refractivity (Wildman–Crippen MR) is 261 cm³/mol. The van der Waals surface area contributed by atoms with Crippen LogP contribution in [0.25, 0.3) is 0 Å². The number of carbonyl (C=O) groups excluding carboxylic acids is 4. The van der Waals surface area contributed by atoms with Gasteiger partial charge in [-0.1, -0.05) is 125 Å². The minimum absolute atomic E-state index is 0.0635. The monoisotopic (exact) mass is 848 g/mol. The van der Waals surface area contributed by atoms with Gasteiger partial charge >= 0.3 is 0 Å². The van der Waals surface area contributed by atoms with E-state index in [2.05, 4.69) is 27.7 Å². The lowest BCUT2D eigenvalue weighted by molar-refractivity contribution is 0.0996. The van der Waals surface area contributed by atoms with Crippen molar-refractivity contribution in [1.82, 2.24) is 0 Å². The van der Waals surface area contributed by atoms with Gasteiger partial charge in [0.2, 0.25) is 0 Å². The largest absolute Gasteiger partial charge is 0.289 e. The van der Waals surface area contributed by atoms with Gasteiger partial charge in [-0.3, -0.25) is 39.1 Å². The van der Waals surface area contributed by atoms with Crippen molar-refractivity contribution in [2.24, 2.45) is 20.0 Å². The molecule has 0 aromatic heterocycles. The molecule has 0 bridgehead atoms. The number of fused-ring (bicyclic) bond motifs is 4. The molecule has 8 nitrogen and oxygen atoms in total. The molecule has 0 saturated heterocycles. The summed E-state index contributed by atoms with van der Waals surface area (Å²) < 4.78 is 0. The normalized spacial score (nSPS) is 18.2. The van der Waals surface area contributed by atoms with Crippen molar-refractivity contribution in [3.63, 3.8) is 0 Å². The zero-order chi connectivity index (χ0) is 45.7. The highest BCUT2D eigenvalue weighted by atomic mass is 16.1. The van der Waals surface area contributed by atoms with Gasteiger partial charge in [-0.25, -0.2) is 0 Å². The molecule has 4 aliphatic carbocycles. The van der Waals surface area contributed by atoms with Crippen LogP contribution < -0.4 is 0 Å². The molecule has 64 heavy (non-hydrogen) atoms. The zero-order valence-corrected chi connectivity index (χ0v) is 38.1. The minimum Gasteiger partial charge on any atom is -0.289 e. The Morgan fingerprint density at radius 1 is 0.328 bits per heavy atom. The molecule has 0 radical (unpaired) electrons. The number of carbonyl (C=O) groups is 4. The summed E-state index contributed by atoms with van der Waals surface area (Å²) in [4.78, 5) is 73.4. The number of ketones is 4. The molecular weight excluding hydrogens is 793 g/mol. The average Bonchev–Trinajstić information content (AvgIpc) is 3.31. The summed E-state index contributed by atoms with van der Waals surface area (Å²) >= 11 is 0. The molecule has 8 heteroatoms. The zero-order valence-electron chi connectivity index (χ0n) is 38.1. The second-order valence-electron chi connectivity index (χ2n) is 16.9. The highest BCUT2D eigenvalue weighted by Gasteiger charge is 2.35. The van der Waals surface area contributed by atoms with Gasteiger partial charge in [0.1, 0.15) is 0 Å². The molecule has 0 heterocycles. The van der Waals surface area contributed by atoms with Crippen LogP contribution >= 0.6 is 0 Å². The van der Waals surface area contributed by atoms with Gasteiger partial charge in [-0.05, 0) is 77.7 Å². The van der Waals surface area contributed by atoms with Crippen molar-refractivity contribution in [2.75, 3.05) is 0 Å². The van der Waals surface area contributed by atoms with Crippen molar-refractivity contribution in [3.8, 4) is 0 Å². The maximum Gasteiger partial charge on any atom is 0.194 e. The standard InChI is InChI=1S/C30H32N2O2.C26H24N2O2/c1-5-19(6-2)31-27-17-25(29(33)23-15-11-9-13-21(23)27)26-18-28(32-20(7-3)8-4)22-14-10-12-16-24(22)30(26)34;1-15(2)27-23-13-21(25(29)19-11-7-5-9-17(19)23)22-14-24(28-16(3)4)18-10-6-8-12-20(18)26(22)30/h9-20H,5-8H2,1-4H3;5-16H,1-4H3. The van der Waals surface area contributed by atoms with Crippen molar-refractivity contribution in [1.29, 1.82) is 0 Å². The molecule has 0 aliphatic heterocycles. The summed E-state index contributed by atoms with van der Waals surface area (Å²) in [7, 11) is 0. The van der Waals surface area contributed by atoms with Crippen LogP contribution in [0, 0.1) is 0 Å². The van der Waals surface area contributed by atoms with Gasteiger partial charge in [0.15, 0.2) is 23.1 Å². The van der Waals surface area contributed by atoms with Crippen LogP contribution in [0.5, 0.6) is 0 Å². The maximum atomic E-state index is 13.6. The van der Waals surface area contributed by atoms with Crippen molar-refractivity contribution in [2.45, 2.75) is 105 Å². The third kappa shape index (κ3) is 9.14. The number of nitrogens with zero attached hydrogens (tertiary/aromatic N) is 4. The number of Topliss-reactive ketones (excluding diaryl/α,β-unsaturated/α-hetero) is 4. The highest BCUT2D eigenvalue weighted by Crippen LogP contribution is 2.34. The Hall–Kier alpha value is -6.80. The van der Waals surface area contributed by atoms with Crippen LogP contribution in [-0.2, 0) is 0 Å². The summed E-state index contributed by atoms with van der Waals surface area (Å²) in [6.07, 6.45) is 10.8. The fourth-order valence-electron chi connectivity index (χ4n) is 8.44. The smallest absolute Gasteiger partial charge is 0.194 e. The Kier molecular flexibility index (Phi) is 13.9. The van der Waals surface area contributed by atoms with Gasteiger partial charge < -0.3 is 0 Å². The Balaban J connectivity index is 0.000000193. The Morgan fingerprint density at radius 2 is 0.531 bits per heavy atom. The first kappa shape index (κ1) is 45.2. The maximum absolute atomic E-state index is 13.6. The van der Waals surface area contributed by atoms with Crippen LogP contribution in [-0.4, -0.2) is 70.1 Å². The van der Waals surface area contributed by atoms with Gasteiger partial charge in [0.25, 0.3) is 0 Å². The molecule has 0 unspecified atom stereocenters. The minimum atomic E-state index is -0.156.